The third-order valence-electron chi connectivity index (χ3n) is 4.79. The van der Waals surface area contributed by atoms with E-state index in [2.05, 4.69) is 10.3 Å². The summed E-state index contributed by atoms with van der Waals surface area (Å²) in [5.74, 6) is -0.0821. The van der Waals surface area contributed by atoms with Gasteiger partial charge in [0.05, 0.1) is 31.2 Å². The number of hydrogen-bond acceptors (Lipinski definition) is 7. The number of amides is 1. The summed E-state index contributed by atoms with van der Waals surface area (Å²) in [6.45, 7) is 1.44. The van der Waals surface area contributed by atoms with Crippen molar-refractivity contribution in [2.45, 2.75) is 19.8 Å². The van der Waals surface area contributed by atoms with Gasteiger partial charge in [0, 0.05) is 25.2 Å². The van der Waals surface area contributed by atoms with Crippen LogP contribution in [-0.2, 0) is 9.53 Å². The number of nitrogens with zero attached hydrogens (tertiary/aromatic N) is 2. The highest BCUT2D eigenvalue weighted by Crippen LogP contribution is 2.38. The van der Waals surface area contributed by atoms with Crippen LogP contribution in [0.25, 0.3) is 0 Å². The topological polar surface area (TPSA) is 97.8 Å². The zero-order valence-corrected chi connectivity index (χ0v) is 16.8. The van der Waals surface area contributed by atoms with Crippen LogP contribution in [0.2, 0.25) is 0 Å². The Hall–Kier alpha value is -3.42. The van der Waals surface area contributed by atoms with Crippen LogP contribution in [0.1, 0.15) is 40.5 Å². The van der Waals surface area contributed by atoms with E-state index in [4.69, 9.17) is 9.47 Å². The Kier molecular flexibility index (Phi) is 5.81. The first-order valence-electron chi connectivity index (χ1n) is 9.18. The van der Waals surface area contributed by atoms with Gasteiger partial charge in [-0.2, -0.15) is 0 Å². The number of esters is 1. The lowest BCUT2D eigenvalue weighted by Crippen LogP contribution is -2.18. The van der Waals surface area contributed by atoms with Gasteiger partial charge in [0.1, 0.15) is 11.4 Å². The molecule has 152 valence electrons. The first kappa shape index (κ1) is 20.3. The quantitative estimate of drug-likeness (QED) is 0.566. The maximum Gasteiger partial charge on any atom is 0.341 e. The molecule has 0 aliphatic heterocycles. The molecule has 1 amide bonds. The van der Waals surface area contributed by atoms with Crippen molar-refractivity contribution in [1.82, 2.24) is 4.98 Å². The number of ketones is 1. The average molecular weight is 397 g/mol. The Morgan fingerprint density at radius 1 is 1.14 bits per heavy atom. The van der Waals surface area contributed by atoms with Crippen LogP contribution in [0.5, 0.6) is 5.75 Å². The minimum atomic E-state index is -0.531. The summed E-state index contributed by atoms with van der Waals surface area (Å²) in [6, 6.07) is 6.70. The number of pyridine rings is 1. The standard InChI is InChI=1S/C21H23N3O5/c1-12(25)15-11-22-18(23-20(26)13-8-9-13)10-17(15)24(2)16-7-5-6-14(19(16)28-3)21(27)29-4/h5-7,10-11,13H,8-9H2,1-4H3,(H,22,23,26). The van der Waals surface area contributed by atoms with Gasteiger partial charge < -0.3 is 19.7 Å². The number of methoxy groups -OCH3 is 2. The molecule has 0 saturated heterocycles. The summed E-state index contributed by atoms with van der Waals surface area (Å²) in [7, 11) is 4.50. The molecule has 8 nitrogen and oxygen atoms in total. The third-order valence-corrected chi connectivity index (χ3v) is 4.79. The van der Waals surface area contributed by atoms with Crippen molar-refractivity contribution < 1.29 is 23.9 Å². The van der Waals surface area contributed by atoms with Crippen LogP contribution in [0.15, 0.2) is 30.5 Å². The van der Waals surface area contributed by atoms with E-state index in [9.17, 15) is 14.4 Å². The number of para-hydroxylation sites is 1. The van der Waals surface area contributed by atoms with E-state index < -0.39 is 5.97 Å². The maximum absolute atomic E-state index is 12.2. The molecule has 0 bridgehead atoms. The van der Waals surface area contributed by atoms with Crippen molar-refractivity contribution in [1.29, 1.82) is 0 Å². The van der Waals surface area contributed by atoms with Crippen molar-refractivity contribution in [3.8, 4) is 5.75 Å². The Labute approximate surface area is 168 Å². The van der Waals surface area contributed by atoms with E-state index in [1.165, 1.54) is 27.3 Å². The number of aromatic nitrogens is 1. The lowest BCUT2D eigenvalue weighted by atomic mass is 10.1. The second kappa shape index (κ2) is 8.30. The fourth-order valence-corrected chi connectivity index (χ4v) is 3.04. The number of benzene rings is 1. The molecule has 0 atom stereocenters. The lowest BCUT2D eigenvalue weighted by Gasteiger charge is -2.25. The van der Waals surface area contributed by atoms with Gasteiger partial charge in [-0.05, 0) is 31.9 Å². The van der Waals surface area contributed by atoms with Crippen LogP contribution < -0.4 is 15.0 Å². The minimum absolute atomic E-state index is 0.0299. The number of nitrogens with one attached hydrogen (secondary N) is 1. The van der Waals surface area contributed by atoms with Gasteiger partial charge in [0.25, 0.3) is 0 Å². The molecule has 1 aliphatic rings. The second-order valence-corrected chi connectivity index (χ2v) is 6.81. The van der Waals surface area contributed by atoms with E-state index in [-0.39, 0.29) is 23.2 Å². The SMILES string of the molecule is COC(=O)c1cccc(N(C)c2cc(NC(=O)C3CC3)ncc2C(C)=O)c1OC. The van der Waals surface area contributed by atoms with E-state index in [0.717, 1.165) is 12.8 Å². The highest BCUT2D eigenvalue weighted by Gasteiger charge is 2.30. The zero-order chi connectivity index (χ0) is 21.1. The Balaban J connectivity index is 2.05. The summed E-state index contributed by atoms with van der Waals surface area (Å²) in [4.78, 5) is 42.3. The lowest BCUT2D eigenvalue weighted by molar-refractivity contribution is -0.117. The summed E-state index contributed by atoms with van der Waals surface area (Å²) in [5, 5.41) is 2.79. The van der Waals surface area contributed by atoms with Crippen molar-refractivity contribution in [2.75, 3.05) is 31.5 Å². The molecule has 0 radical (unpaired) electrons. The van der Waals surface area contributed by atoms with Gasteiger partial charge in [-0.3, -0.25) is 9.59 Å². The van der Waals surface area contributed by atoms with Crippen LogP contribution in [0.3, 0.4) is 0 Å². The van der Waals surface area contributed by atoms with Crippen LogP contribution in [0, 0.1) is 5.92 Å². The van der Waals surface area contributed by atoms with Gasteiger partial charge in [-0.25, -0.2) is 9.78 Å². The molecule has 1 aromatic heterocycles. The minimum Gasteiger partial charge on any atom is -0.494 e. The predicted octanol–water partition coefficient (Wildman–Crippen LogP) is 3.20. The monoisotopic (exact) mass is 397 g/mol. The van der Waals surface area contributed by atoms with Crippen LogP contribution in [-0.4, -0.2) is 43.9 Å². The van der Waals surface area contributed by atoms with Gasteiger partial charge in [0.2, 0.25) is 5.91 Å². The number of carbonyl (C=O) groups excluding carboxylic acids is 3. The molecular weight excluding hydrogens is 374 g/mol. The summed E-state index contributed by atoms with van der Waals surface area (Å²) in [5.41, 5.74) is 1.73. The molecular formula is C21H23N3O5. The highest BCUT2D eigenvalue weighted by atomic mass is 16.5. The Bertz CT molecular complexity index is 969. The van der Waals surface area contributed by atoms with Gasteiger partial charge in [-0.1, -0.05) is 6.07 Å². The fraction of sp³-hybridized carbons (Fsp3) is 0.333. The number of Topliss-reactive ketones (excluding diaryl/α,β-unsaturated/α-hetero) is 1. The largest absolute Gasteiger partial charge is 0.494 e. The van der Waals surface area contributed by atoms with E-state index in [1.807, 2.05) is 0 Å². The molecule has 1 heterocycles. The molecule has 1 N–H and O–H groups in total. The normalized spacial score (nSPS) is 12.8. The van der Waals surface area contributed by atoms with Gasteiger partial charge >= 0.3 is 5.97 Å². The number of ether oxygens (including phenoxy) is 2. The summed E-state index contributed by atoms with van der Waals surface area (Å²) < 4.78 is 10.3. The van der Waals surface area contributed by atoms with Crippen molar-refractivity contribution in [3.05, 3.63) is 41.6 Å². The molecule has 8 heteroatoms. The van der Waals surface area contributed by atoms with Gasteiger partial charge in [-0.15, -0.1) is 0 Å². The molecule has 1 aromatic carbocycles. The average Bonchev–Trinajstić information content (AvgIpc) is 3.57. The number of rotatable bonds is 7. The third kappa shape index (κ3) is 4.21. The molecule has 1 saturated carbocycles. The molecule has 29 heavy (non-hydrogen) atoms. The van der Waals surface area contributed by atoms with E-state index in [1.54, 1.807) is 36.2 Å². The smallest absolute Gasteiger partial charge is 0.341 e. The van der Waals surface area contributed by atoms with Crippen LogP contribution in [0.4, 0.5) is 17.2 Å². The van der Waals surface area contributed by atoms with E-state index in [0.29, 0.717) is 28.5 Å². The fourth-order valence-electron chi connectivity index (χ4n) is 3.04. The number of anilines is 3. The predicted molar refractivity (Wildman–Crippen MR) is 108 cm³/mol. The molecule has 1 aliphatic carbocycles. The molecule has 3 rings (SSSR count). The van der Waals surface area contributed by atoms with E-state index >= 15 is 0 Å². The maximum atomic E-state index is 12.2. The number of hydrogen-bond donors (Lipinski definition) is 1. The van der Waals surface area contributed by atoms with Crippen LogP contribution >= 0.6 is 0 Å². The van der Waals surface area contributed by atoms with Gasteiger partial charge in [0.15, 0.2) is 11.5 Å². The Morgan fingerprint density at radius 3 is 2.45 bits per heavy atom. The van der Waals surface area contributed by atoms with Crippen molar-refractivity contribution >= 4 is 34.9 Å². The second-order valence-electron chi connectivity index (χ2n) is 6.81. The molecule has 0 unspecified atom stereocenters. The highest BCUT2D eigenvalue weighted by molar-refractivity contribution is 6.02. The zero-order valence-electron chi connectivity index (χ0n) is 16.8. The number of carbonyl (C=O) groups is 3. The molecule has 0 spiro atoms. The first-order chi connectivity index (χ1) is 13.9. The summed E-state index contributed by atoms with van der Waals surface area (Å²) in [6.07, 6.45) is 3.19. The van der Waals surface area contributed by atoms with Crippen molar-refractivity contribution in [2.24, 2.45) is 5.92 Å². The Morgan fingerprint density at radius 2 is 1.86 bits per heavy atom. The molecule has 2 aromatic rings. The first-order valence-corrected chi connectivity index (χ1v) is 9.18. The molecule has 1 fully saturated rings. The summed E-state index contributed by atoms with van der Waals surface area (Å²) >= 11 is 0. The van der Waals surface area contributed by atoms with Crippen molar-refractivity contribution in [3.63, 3.8) is 0 Å².